The highest BCUT2D eigenvalue weighted by Gasteiger charge is 2.28. The standard InChI is InChI=1S/C13H25OP/c1-7-8-9-11(4)13(5,6)15-12(14)10(2)3/h11,15H,2,7-9H2,1,3-6H3. The number of hydrogen-bond acceptors (Lipinski definition) is 1. The van der Waals surface area contributed by atoms with Crippen molar-refractivity contribution in [2.75, 3.05) is 0 Å². The molecule has 2 atom stereocenters. The second-order valence-corrected chi connectivity index (χ2v) is 6.99. The molecular weight excluding hydrogens is 203 g/mol. The number of carbonyl (C=O) groups is 1. The Kier molecular flexibility index (Phi) is 6.36. The summed E-state index contributed by atoms with van der Waals surface area (Å²) in [5.74, 6) is 0.610. The molecule has 0 saturated heterocycles. The molecule has 88 valence electrons. The second kappa shape index (κ2) is 6.43. The van der Waals surface area contributed by atoms with Crippen LogP contribution in [0, 0.1) is 5.92 Å². The lowest BCUT2D eigenvalue weighted by molar-refractivity contribution is -0.108. The van der Waals surface area contributed by atoms with E-state index in [4.69, 9.17) is 0 Å². The monoisotopic (exact) mass is 228 g/mol. The Bertz CT molecular complexity index is 231. The Morgan fingerprint density at radius 2 is 2.00 bits per heavy atom. The van der Waals surface area contributed by atoms with Gasteiger partial charge in [-0.15, -0.1) is 0 Å². The predicted molar refractivity (Wildman–Crippen MR) is 70.9 cm³/mol. The van der Waals surface area contributed by atoms with Gasteiger partial charge in [0.15, 0.2) is 5.52 Å². The first kappa shape index (κ1) is 14.8. The summed E-state index contributed by atoms with van der Waals surface area (Å²) in [4.78, 5) is 11.6. The summed E-state index contributed by atoms with van der Waals surface area (Å²) in [6, 6.07) is 0. The fraction of sp³-hybridized carbons (Fsp3) is 0.769. The maximum atomic E-state index is 11.6. The molecule has 0 rings (SSSR count). The van der Waals surface area contributed by atoms with Crippen molar-refractivity contribution in [2.24, 2.45) is 5.92 Å². The first-order valence-corrected chi connectivity index (χ1v) is 6.79. The van der Waals surface area contributed by atoms with Gasteiger partial charge >= 0.3 is 0 Å². The number of allylic oxidation sites excluding steroid dienone is 1. The Balaban J connectivity index is 4.26. The fourth-order valence-corrected chi connectivity index (χ4v) is 2.58. The van der Waals surface area contributed by atoms with Gasteiger partial charge in [-0.05, 0) is 38.6 Å². The van der Waals surface area contributed by atoms with Crippen molar-refractivity contribution in [1.29, 1.82) is 0 Å². The first-order chi connectivity index (χ1) is 6.81. The Morgan fingerprint density at radius 3 is 2.40 bits per heavy atom. The number of hydrogen-bond donors (Lipinski definition) is 0. The minimum Gasteiger partial charge on any atom is -0.290 e. The van der Waals surface area contributed by atoms with Crippen LogP contribution in [0.3, 0.4) is 0 Å². The third-order valence-corrected chi connectivity index (χ3v) is 4.84. The summed E-state index contributed by atoms with van der Waals surface area (Å²) >= 11 is 0. The van der Waals surface area contributed by atoms with Gasteiger partial charge < -0.3 is 0 Å². The summed E-state index contributed by atoms with van der Waals surface area (Å²) in [7, 11) is 0.366. The molecule has 2 heteroatoms. The van der Waals surface area contributed by atoms with Gasteiger partial charge in [-0.3, -0.25) is 4.79 Å². The van der Waals surface area contributed by atoms with Crippen LogP contribution in [0.2, 0.25) is 0 Å². The molecule has 0 aliphatic heterocycles. The van der Waals surface area contributed by atoms with Crippen molar-refractivity contribution >= 4 is 14.1 Å². The lowest BCUT2D eigenvalue weighted by atomic mass is 9.92. The number of rotatable bonds is 7. The van der Waals surface area contributed by atoms with Crippen LogP contribution >= 0.6 is 8.58 Å². The maximum Gasteiger partial charge on any atom is 0.176 e. The van der Waals surface area contributed by atoms with E-state index in [2.05, 4.69) is 34.3 Å². The van der Waals surface area contributed by atoms with Crippen LogP contribution in [0.25, 0.3) is 0 Å². The van der Waals surface area contributed by atoms with Crippen molar-refractivity contribution in [3.05, 3.63) is 12.2 Å². The minimum atomic E-state index is 0.130. The van der Waals surface area contributed by atoms with Gasteiger partial charge in [-0.25, -0.2) is 0 Å². The maximum absolute atomic E-state index is 11.6. The fourth-order valence-electron chi connectivity index (χ4n) is 1.39. The van der Waals surface area contributed by atoms with Gasteiger partial charge in [0.2, 0.25) is 0 Å². The molecule has 0 aromatic heterocycles. The van der Waals surface area contributed by atoms with Crippen LogP contribution in [0.1, 0.15) is 53.9 Å². The zero-order valence-electron chi connectivity index (χ0n) is 10.8. The van der Waals surface area contributed by atoms with Gasteiger partial charge in [-0.1, -0.05) is 47.1 Å². The van der Waals surface area contributed by atoms with Gasteiger partial charge in [0.05, 0.1) is 0 Å². The van der Waals surface area contributed by atoms with Crippen molar-refractivity contribution in [2.45, 2.75) is 59.0 Å². The van der Waals surface area contributed by atoms with E-state index in [-0.39, 0.29) is 10.7 Å². The van der Waals surface area contributed by atoms with E-state index in [9.17, 15) is 4.79 Å². The van der Waals surface area contributed by atoms with Crippen LogP contribution in [0.4, 0.5) is 0 Å². The van der Waals surface area contributed by atoms with Crippen LogP contribution in [0.5, 0.6) is 0 Å². The van der Waals surface area contributed by atoms with E-state index in [0.717, 1.165) is 0 Å². The molecule has 1 nitrogen and oxygen atoms in total. The lowest BCUT2D eigenvalue weighted by Crippen LogP contribution is -2.25. The molecule has 0 spiro atoms. The molecule has 0 bridgehead atoms. The molecule has 0 fully saturated rings. The highest BCUT2D eigenvalue weighted by molar-refractivity contribution is 7.60. The Morgan fingerprint density at radius 1 is 1.47 bits per heavy atom. The summed E-state index contributed by atoms with van der Waals surface area (Å²) in [6.07, 6.45) is 3.72. The van der Waals surface area contributed by atoms with Crippen molar-refractivity contribution in [1.82, 2.24) is 0 Å². The van der Waals surface area contributed by atoms with E-state index in [1.54, 1.807) is 0 Å². The molecule has 2 unspecified atom stereocenters. The van der Waals surface area contributed by atoms with E-state index in [1.165, 1.54) is 19.3 Å². The molecule has 0 aliphatic carbocycles. The van der Waals surface area contributed by atoms with Gasteiger partial charge in [0, 0.05) is 0 Å². The highest BCUT2D eigenvalue weighted by atomic mass is 31.1. The zero-order chi connectivity index (χ0) is 12.1. The predicted octanol–water partition coefficient (Wildman–Crippen LogP) is 4.37. The summed E-state index contributed by atoms with van der Waals surface area (Å²) in [6.45, 7) is 14.4. The Hall–Kier alpha value is -0.160. The van der Waals surface area contributed by atoms with E-state index >= 15 is 0 Å². The molecule has 0 amide bonds. The summed E-state index contributed by atoms with van der Waals surface area (Å²) in [5, 5.41) is 0.130. The quantitative estimate of drug-likeness (QED) is 0.467. The molecule has 0 aromatic carbocycles. The van der Waals surface area contributed by atoms with Crippen LogP contribution in [-0.4, -0.2) is 10.7 Å². The molecular formula is C13H25OP. The van der Waals surface area contributed by atoms with Gasteiger partial charge in [0.25, 0.3) is 0 Å². The van der Waals surface area contributed by atoms with Gasteiger partial charge in [-0.2, -0.15) is 0 Å². The molecule has 0 radical (unpaired) electrons. The summed E-state index contributed by atoms with van der Waals surface area (Å²) < 4.78 is 0. The first-order valence-electron chi connectivity index (χ1n) is 5.79. The van der Waals surface area contributed by atoms with Crippen molar-refractivity contribution < 1.29 is 4.79 Å². The van der Waals surface area contributed by atoms with Gasteiger partial charge in [0.1, 0.15) is 0 Å². The summed E-state index contributed by atoms with van der Waals surface area (Å²) in [5.41, 5.74) is 0.937. The van der Waals surface area contributed by atoms with Crippen molar-refractivity contribution in [3.63, 3.8) is 0 Å². The smallest absolute Gasteiger partial charge is 0.176 e. The van der Waals surface area contributed by atoms with Crippen LogP contribution in [0.15, 0.2) is 12.2 Å². The number of carbonyl (C=O) groups excluding carboxylic acids is 1. The number of unbranched alkanes of at least 4 members (excludes halogenated alkanes) is 1. The zero-order valence-corrected chi connectivity index (χ0v) is 11.8. The Labute approximate surface area is 96.5 Å². The van der Waals surface area contributed by atoms with E-state index < -0.39 is 0 Å². The topological polar surface area (TPSA) is 17.1 Å². The molecule has 15 heavy (non-hydrogen) atoms. The third kappa shape index (κ3) is 5.47. The second-order valence-electron chi connectivity index (χ2n) is 5.00. The largest absolute Gasteiger partial charge is 0.290 e. The molecule has 0 saturated carbocycles. The van der Waals surface area contributed by atoms with Crippen LogP contribution in [-0.2, 0) is 4.79 Å². The normalized spacial score (nSPS) is 14.5. The highest BCUT2D eigenvalue weighted by Crippen LogP contribution is 2.41. The average molecular weight is 228 g/mol. The SMILES string of the molecule is C=C(C)C(=O)PC(C)(C)C(C)CCCC. The van der Waals surface area contributed by atoms with Crippen LogP contribution < -0.4 is 0 Å². The molecule has 0 aromatic rings. The third-order valence-electron chi connectivity index (χ3n) is 3.05. The average Bonchev–Trinajstić information content (AvgIpc) is 2.13. The molecule has 0 N–H and O–H groups in total. The molecule has 0 aliphatic rings. The lowest BCUT2D eigenvalue weighted by Gasteiger charge is -2.31. The van der Waals surface area contributed by atoms with Crippen molar-refractivity contribution in [3.8, 4) is 0 Å². The molecule has 0 heterocycles. The van der Waals surface area contributed by atoms with E-state index in [0.29, 0.717) is 20.1 Å². The minimum absolute atomic E-state index is 0.130. The van der Waals surface area contributed by atoms with E-state index in [1.807, 2.05) is 6.92 Å².